The van der Waals surface area contributed by atoms with E-state index in [0.29, 0.717) is 42.6 Å². The third-order valence-electron chi connectivity index (χ3n) is 2.82. The summed E-state index contributed by atoms with van der Waals surface area (Å²) in [4.78, 5) is 14.2. The molecule has 0 aromatic heterocycles. The van der Waals surface area contributed by atoms with Crippen molar-refractivity contribution in [1.29, 1.82) is 0 Å². The summed E-state index contributed by atoms with van der Waals surface area (Å²) in [6.07, 6.45) is 0. The lowest BCUT2D eigenvalue weighted by Gasteiger charge is -2.27. The molecule has 6 heteroatoms. The minimum Gasteiger partial charge on any atom is -0.467 e. The van der Waals surface area contributed by atoms with E-state index >= 15 is 0 Å². The molecule has 1 aliphatic rings. The van der Waals surface area contributed by atoms with Crippen molar-refractivity contribution in [2.24, 2.45) is 0 Å². The lowest BCUT2D eigenvalue weighted by molar-refractivity contribution is 0.0285. The van der Waals surface area contributed by atoms with Gasteiger partial charge in [0.25, 0.3) is 5.91 Å². The summed E-state index contributed by atoms with van der Waals surface area (Å²) in [6, 6.07) is 5.12. The van der Waals surface area contributed by atoms with Gasteiger partial charge in [-0.3, -0.25) is 4.79 Å². The first-order valence-electron chi connectivity index (χ1n) is 6.01. The van der Waals surface area contributed by atoms with Gasteiger partial charge in [0.15, 0.2) is 6.79 Å². The highest BCUT2D eigenvalue weighted by Gasteiger charge is 2.24. The molecule has 0 radical (unpaired) electrons. The number of amides is 1. The van der Waals surface area contributed by atoms with Crippen LogP contribution in [0.15, 0.2) is 18.2 Å². The van der Waals surface area contributed by atoms with E-state index in [4.69, 9.17) is 25.8 Å². The molecule has 2 rings (SSSR count). The largest absolute Gasteiger partial charge is 0.467 e. The van der Waals surface area contributed by atoms with Gasteiger partial charge in [0.05, 0.1) is 18.2 Å². The van der Waals surface area contributed by atoms with Crippen LogP contribution in [0.4, 0.5) is 0 Å². The molecule has 104 valence electrons. The van der Waals surface area contributed by atoms with Crippen molar-refractivity contribution in [1.82, 2.24) is 4.90 Å². The molecule has 0 saturated carbocycles. The molecule has 0 N–H and O–H groups in total. The van der Waals surface area contributed by atoms with Crippen molar-refractivity contribution in [2.45, 2.75) is 0 Å². The van der Waals surface area contributed by atoms with Gasteiger partial charge in [-0.2, -0.15) is 0 Å². The maximum Gasteiger partial charge on any atom is 0.259 e. The van der Waals surface area contributed by atoms with Gasteiger partial charge >= 0.3 is 0 Å². The van der Waals surface area contributed by atoms with Gasteiger partial charge in [0.2, 0.25) is 0 Å². The van der Waals surface area contributed by atoms with Crippen molar-refractivity contribution in [2.75, 3.05) is 40.2 Å². The van der Waals surface area contributed by atoms with E-state index in [0.717, 1.165) is 0 Å². The van der Waals surface area contributed by atoms with Gasteiger partial charge in [-0.1, -0.05) is 17.7 Å². The number of rotatable bonds is 4. The van der Waals surface area contributed by atoms with Crippen LogP contribution < -0.4 is 4.74 Å². The molecular weight excluding hydrogens is 270 g/mol. The molecule has 1 aliphatic heterocycles. The number of hydrogen-bond donors (Lipinski definition) is 0. The number of carbonyl (C=O) groups is 1. The van der Waals surface area contributed by atoms with Crippen LogP contribution in [0.3, 0.4) is 0 Å². The number of morpholine rings is 1. The van der Waals surface area contributed by atoms with Crippen LogP contribution in [0.1, 0.15) is 10.4 Å². The van der Waals surface area contributed by atoms with Crippen LogP contribution in [0.2, 0.25) is 5.02 Å². The number of nitrogens with zero attached hydrogens (tertiary/aromatic N) is 1. The lowest BCUT2D eigenvalue weighted by atomic mass is 10.1. The third kappa shape index (κ3) is 3.37. The van der Waals surface area contributed by atoms with E-state index in [1.165, 1.54) is 7.11 Å². The maximum absolute atomic E-state index is 12.5. The Bertz CT molecular complexity index is 446. The Morgan fingerprint density at radius 2 is 2.16 bits per heavy atom. The Labute approximate surface area is 117 Å². The maximum atomic E-state index is 12.5. The Balaban J connectivity index is 2.23. The summed E-state index contributed by atoms with van der Waals surface area (Å²) in [6.45, 7) is 2.29. The Morgan fingerprint density at radius 1 is 1.42 bits per heavy atom. The highest BCUT2D eigenvalue weighted by atomic mass is 35.5. The van der Waals surface area contributed by atoms with E-state index in [1.54, 1.807) is 23.1 Å². The molecule has 0 atom stereocenters. The van der Waals surface area contributed by atoms with Crippen molar-refractivity contribution in [3.8, 4) is 5.75 Å². The fourth-order valence-corrected chi connectivity index (χ4v) is 2.13. The average Bonchev–Trinajstić information content (AvgIpc) is 2.45. The van der Waals surface area contributed by atoms with Gasteiger partial charge in [-0.25, -0.2) is 0 Å². The molecule has 1 amide bonds. The second-order valence-corrected chi connectivity index (χ2v) is 4.48. The van der Waals surface area contributed by atoms with Crippen LogP contribution in [0.25, 0.3) is 0 Å². The second-order valence-electron chi connectivity index (χ2n) is 4.07. The summed E-state index contributed by atoms with van der Waals surface area (Å²) in [5.41, 5.74) is 0.378. The second kappa shape index (κ2) is 6.75. The van der Waals surface area contributed by atoms with Crippen molar-refractivity contribution in [3.05, 3.63) is 28.8 Å². The summed E-state index contributed by atoms with van der Waals surface area (Å²) in [5.74, 6) is 0.297. The SMILES string of the molecule is COCOc1cccc(Cl)c1C(=O)N1CCOCC1. The molecule has 1 aromatic rings. The number of ether oxygens (including phenoxy) is 3. The number of halogens is 1. The first kappa shape index (κ1) is 14.1. The van der Waals surface area contributed by atoms with Crippen molar-refractivity contribution >= 4 is 17.5 Å². The lowest BCUT2D eigenvalue weighted by Crippen LogP contribution is -2.41. The minimum absolute atomic E-state index is 0.0731. The number of carbonyl (C=O) groups excluding carboxylic acids is 1. The van der Waals surface area contributed by atoms with E-state index in [2.05, 4.69) is 0 Å². The Hall–Kier alpha value is -1.30. The molecule has 0 bridgehead atoms. The molecule has 1 saturated heterocycles. The number of benzene rings is 1. The Morgan fingerprint density at radius 3 is 2.84 bits per heavy atom. The molecule has 0 spiro atoms. The van der Waals surface area contributed by atoms with Gasteiger partial charge in [-0.05, 0) is 12.1 Å². The smallest absolute Gasteiger partial charge is 0.259 e. The van der Waals surface area contributed by atoms with Crippen LogP contribution in [-0.4, -0.2) is 51.0 Å². The first-order chi connectivity index (χ1) is 9.24. The molecule has 0 aliphatic carbocycles. The van der Waals surface area contributed by atoms with Crippen LogP contribution >= 0.6 is 11.6 Å². The number of hydrogen-bond acceptors (Lipinski definition) is 4. The van der Waals surface area contributed by atoms with Gasteiger partial charge in [0, 0.05) is 20.2 Å². The zero-order valence-electron chi connectivity index (χ0n) is 10.7. The fraction of sp³-hybridized carbons (Fsp3) is 0.462. The van der Waals surface area contributed by atoms with E-state index in [-0.39, 0.29) is 12.7 Å². The minimum atomic E-state index is -0.139. The molecule has 1 heterocycles. The Kier molecular flexibility index (Phi) is 5.01. The topological polar surface area (TPSA) is 48.0 Å². The fourth-order valence-electron chi connectivity index (χ4n) is 1.88. The number of methoxy groups -OCH3 is 1. The van der Waals surface area contributed by atoms with Gasteiger partial charge in [0.1, 0.15) is 11.3 Å². The highest BCUT2D eigenvalue weighted by Crippen LogP contribution is 2.28. The normalized spacial score (nSPS) is 15.4. The van der Waals surface area contributed by atoms with Crippen molar-refractivity contribution in [3.63, 3.8) is 0 Å². The summed E-state index contributed by atoms with van der Waals surface area (Å²) in [5, 5.41) is 0.380. The predicted molar refractivity (Wildman–Crippen MR) is 70.7 cm³/mol. The first-order valence-corrected chi connectivity index (χ1v) is 6.39. The van der Waals surface area contributed by atoms with Crippen LogP contribution in [0, 0.1) is 0 Å². The van der Waals surface area contributed by atoms with E-state index < -0.39 is 0 Å². The van der Waals surface area contributed by atoms with Crippen molar-refractivity contribution < 1.29 is 19.0 Å². The zero-order valence-corrected chi connectivity index (χ0v) is 11.5. The summed E-state index contributed by atoms with van der Waals surface area (Å²) >= 11 is 6.12. The summed E-state index contributed by atoms with van der Waals surface area (Å²) < 4.78 is 15.5. The third-order valence-corrected chi connectivity index (χ3v) is 3.13. The van der Waals surface area contributed by atoms with Gasteiger partial charge < -0.3 is 19.1 Å². The average molecular weight is 286 g/mol. The van der Waals surface area contributed by atoms with E-state index in [9.17, 15) is 4.79 Å². The summed E-state index contributed by atoms with van der Waals surface area (Å²) in [7, 11) is 1.52. The molecule has 1 fully saturated rings. The zero-order chi connectivity index (χ0) is 13.7. The monoisotopic (exact) mass is 285 g/mol. The van der Waals surface area contributed by atoms with Crippen LogP contribution in [0.5, 0.6) is 5.75 Å². The predicted octanol–water partition coefficient (Wildman–Crippen LogP) is 1.80. The molecule has 0 unspecified atom stereocenters. The highest BCUT2D eigenvalue weighted by molar-refractivity contribution is 6.34. The molecule has 19 heavy (non-hydrogen) atoms. The van der Waals surface area contributed by atoms with E-state index in [1.807, 2.05) is 0 Å². The molecule has 1 aromatic carbocycles. The molecule has 5 nitrogen and oxygen atoms in total. The standard InChI is InChI=1S/C13H16ClNO4/c1-17-9-19-11-4-2-3-10(14)12(11)13(16)15-5-7-18-8-6-15/h2-4H,5-9H2,1H3. The quantitative estimate of drug-likeness (QED) is 0.792. The molecular formula is C13H16ClNO4. The van der Waals surface area contributed by atoms with Crippen LogP contribution in [-0.2, 0) is 9.47 Å². The van der Waals surface area contributed by atoms with Gasteiger partial charge in [-0.15, -0.1) is 0 Å².